The van der Waals surface area contributed by atoms with Crippen molar-refractivity contribution in [1.82, 2.24) is 14.2 Å². The SMILES string of the molecule is CC(C)(C)c1csc(CN2CCN(S(=O)(=O)c3cccs3)CC2)n1. The van der Waals surface area contributed by atoms with Crippen molar-refractivity contribution < 1.29 is 8.42 Å². The number of hydrogen-bond donors (Lipinski definition) is 0. The van der Waals surface area contributed by atoms with E-state index in [1.807, 2.05) is 0 Å². The van der Waals surface area contributed by atoms with Crippen LogP contribution in [0.15, 0.2) is 27.1 Å². The third kappa shape index (κ3) is 3.88. The number of hydrogen-bond acceptors (Lipinski definition) is 6. The van der Waals surface area contributed by atoms with E-state index < -0.39 is 10.0 Å². The Kier molecular flexibility index (Phi) is 5.13. The first kappa shape index (κ1) is 18.0. The molecular weight excluding hydrogens is 362 g/mol. The van der Waals surface area contributed by atoms with Crippen LogP contribution in [0.1, 0.15) is 31.5 Å². The predicted octanol–water partition coefficient (Wildman–Crippen LogP) is 3.01. The molecule has 0 N–H and O–H groups in total. The first-order valence-electron chi connectivity index (χ1n) is 7.98. The molecule has 1 aliphatic heterocycles. The van der Waals surface area contributed by atoms with Gasteiger partial charge in [-0.1, -0.05) is 26.8 Å². The Balaban J connectivity index is 1.59. The Morgan fingerprint density at radius 3 is 2.42 bits per heavy atom. The summed E-state index contributed by atoms with van der Waals surface area (Å²) in [5, 5.41) is 5.04. The summed E-state index contributed by atoms with van der Waals surface area (Å²) in [5.41, 5.74) is 1.20. The molecule has 0 unspecified atom stereocenters. The highest BCUT2D eigenvalue weighted by Gasteiger charge is 2.29. The lowest BCUT2D eigenvalue weighted by Crippen LogP contribution is -2.48. The van der Waals surface area contributed by atoms with Crippen molar-refractivity contribution in [1.29, 1.82) is 0 Å². The van der Waals surface area contributed by atoms with Crippen LogP contribution in [0.4, 0.5) is 0 Å². The summed E-state index contributed by atoms with van der Waals surface area (Å²) < 4.78 is 27.1. The minimum atomic E-state index is -3.32. The summed E-state index contributed by atoms with van der Waals surface area (Å²) in [5.74, 6) is 0. The average Bonchev–Trinajstić information content (AvgIpc) is 3.19. The highest BCUT2D eigenvalue weighted by atomic mass is 32.2. The van der Waals surface area contributed by atoms with Crippen molar-refractivity contribution in [3.8, 4) is 0 Å². The van der Waals surface area contributed by atoms with Gasteiger partial charge in [0.25, 0.3) is 10.0 Å². The van der Waals surface area contributed by atoms with Crippen molar-refractivity contribution in [3.63, 3.8) is 0 Å². The minimum absolute atomic E-state index is 0.0717. The largest absolute Gasteiger partial charge is 0.294 e. The lowest BCUT2D eigenvalue weighted by atomic mass is 9.93. The quantitative estimate of drug-likeness (QED) is 0.812. The first-order chi connectivity index (χ1) is 11.3. The molecule has 132 valence electrons. The Labute approximate surface area is 152 Å². The highest BCUT2D eigenvalue weighted by molar-refractivity contribution is 7.91. The van der Waals surface area contributed by atoms with Crippen LogP contribution in [0.2, 0.25) is 0 Å². The Morgan fingerprint density at radius 1 is 1.17 bits per heavy atom. The van der Waals surface area contributed by atoms with Crippen molar-refractivity contribution in [2.24, 2.45) is 0 Å². The molecule has 0 amide bonds. The summed E-state index contributed by atoms with van der Waals surface area (Å²) >= 11 is 2.97. The van der Waals surface area contributed by atoms with Gasteiger partial charge in [0.05, 0.1) is 12.2 Å². The van der Waals surface area contributed by atoms with Gasteiger partial charge < -0.3 is 0 Å². The van der Waals surface area contributed by atoms with Crippen molar-refractivity contribution in [2.45, 2.75) is 36.9 Å². The van der Waals surface area contributed by atoms with E-state index in [1.165, 1.54) is 11.3 Å². The van der Waals surface area contributed by atoms with Crippen molar-refractivity contribution in [2.75, 3.05) is 26.2 Å². The molecule has 0 spiro atoms. The van der Waals surface area contributed by atoms with E-state index >= 15 is 0 Å². The molecule has 3 heterocycles. The molecule has 8 heteroatoms. The van der Waals surface area contributed by atoms with Crippen LogP contribution >= 0.6 is 22.7 Å². The standard InChI is InChI=1S/C16H23N3O2S3/c1-16(2,3)13-12-23-14(17-13)11-18-6-8-19(9-7-18)24(20,21)15-5-4-10-22-15/h4-5,10,12H,6-9,11H2,1-3H3. The molecule has 0 aliphatic carbocycles. The van der Waals surface area contributed by atoms with Crippen molar-refractivity contribution >= 4 is 32.7 Å². The number of aromatic nitrogens is 1. The zero-order valence-electron chi connectivity index (χ0n) is 14.2. The van der Waals surface area contributed by atoms with Gasteiger partial charge in [0.15, 0.2) is 0 Å². The lowest BCUT2D eigenvalue weighted by Gasteiger charge is -2.33. The second-order valence-corrected chi connectivity index (χ2v) is 11.0. The van der Waals surface area contributed by atoms with Gasteiger partial charge in [0.2, 0.25) is 0 Å². The molecule has 3 rings (SSSR count). The first-order valence-corrected chi connectivity index (χ1v) is 11.2. The van der Waals surface area contributed by atoms with Crippen LogP contribution in [-0.2, 0) is 22.0 Å². The maximum Gasteiger partial charge on any atom is 0.252 e. The van der Waals surface area contributed by atoms with Crippen LogP contribution in [-0.4, -0.2) is 48.8 Å². The fraction of sp³-hybridized carbons (Fsp3) is 0.562. The molecule has 0 saturated carbocycles. The van der Waals surface area contributed by atoms with E-state index in [-0.39, 0.29) is 5.41 Å². The predicted molar refractivity (Wildman–Crippen MR) is 99.2 cm³/mol. The number of nitrogens with zero attached hydrogens (tertiary/aromatic N) is 3. The third-order valence-corrected chi connectivity index (χ3v) is 8.20. The molecule has 0 aromatic carbocycles. The Morgan fingerprint density at radius 2 is 1.88 bits per heavy atom. The van der Waals surface area contributed by atoms with Gasteiger partial charge >= 0.3 is 0 Å². The fourth-order valence-corrected chi connectivity index (χ4v) is 6.21. The molecule has 0 atom stereocenters. The third-order valence-electron chi connectivity index (χ3n) is 4.10. The fourth-order valence-electron chi connectivity index (χ4n) is 2.58. The Hall–Kier alpha value is -0.800. The van der Waals surface area contributed by atoms with Gasteiger partial charge in [0.1, 0.15) is 9.22 Å². The van der Waals surface area contributed by atoms with Crippen LogP contribution in [0.5, 0.6) is 0 Å². The zero-order chi connectivity index (χ0) is 17.4. The number of rotatable bonds is 4. The number of thiazole rings is 1. The van der Waals surface area contributed by atoms with Crippen LogP contribution < -0.4 is 0 Å². The van der Waals surface area contributed by atoms with Gasteiger partial charge in [-0.25, -0.2) is 13.4 Å². The summed E-state index contributed by atoms with van der Waals surface area (Å²) in [6.45, 7) is 9.87. The molecule has 1 saturated heterocycles. The zero-order valence-corrected chi connectivity index (χ0v) is 16.7. The van der Waals surface area contributed by atoms with E-state index in [4.69, 9.17) is 4.98 Å². The second kappa shape index (κ2) is 6.84. The summed E-state index contributed by atoms with van der Waals surface area (Å²) in [4.78, 5) is 7.01. The van der Waals surface area contributed by atoms with Crippen LogP contribution in [0.3, 0.4) is 0 Å². The monoisotopic (exact) mass is 385 g/mol. The summed E-state index contributed by atoms with van der Waals surface area (Å²) in [6, 6.07) is 3.46. The molecule has 2 aromatic rings. The Bertz CT molecular complexity index is 768. The van der Waals surface area contributed by atoms with Gasteiger partial charge in [-0.3, -0.25) is 4.90 Å². The number of thiophene rings is 1. The number of piperazine rings is 1. The maximum absolute atomic E-state index is 12.5. The molecule has 0 radical (unpaired) electrons. The number of sulfonamides is 1. The molecule has 1 fully saturated rings. The van der Waals surface area contributed by atoms with Gasteiger partial charge in [0, 0.05) is 37.0 Å². The maximum atomic E-state index is 12.5. The topological polar surface area (TPSA) is 53.5 Å². The summed E-state index contributed by atoms with van der Waals surface area (Å²) in [6.07, 6.45) is 0. The highest BCUT2D eigenvalue weighted by Crippen LogP contribution is 2.25. The lowest BCUT2D eigenvalue weighted by molar-refractivity contribution is 0.181. The van der Waals surface area contributed by atoms with Crippen LogP contribution in [0.25, 0.3) is 0 Å². The molecule has 1 aliphatic rings. The van der Waals surface area contributed by atoms with E-state index in [2.05, 4.69) is 31.1 Å². The summed E-state index contributed by atoms with van der Waals surface area (Å²) in [7, 11) is -3.32. The minimum Gasteiger partial charge on any atom is -0.294 e. The second-order valence-electron chi connectivity index (χ2n) is 6.99. The van der Waals surface area contributed by atoms with Gasteiger partial charge in [-0.05, 0) is 11.4 Å². The van der Waals surface area contributed by atoms with E-state index in [9.17, 15) is 8.42 Å². The van der Waals surface area contributed by atoms with Crippen LogP contribution in [0, 0.1) is 0 Å². The van der Waals surface area contributed by atoms with Crippen molar-refractivity contribution in [3.05, 3.63) is 33.6 Å². The molecule has 24 heavy (non-hydrogen) atoms. The molecular formula is C16H23N3O2S3. The molecule has 0 bridgehead atoms. The normalized spacial score (nSPS) is 18.1. The average molecular weight is 386 g/mol. The van der Waals surface area contributed by atoms with Gasteiger partial charge in [-0.15, -0.1) is 22.7 Å². The van der Waals surface area contributed by atoms with Gasteiger partial charge in [-0.2, -0.15) is 4.31 Å². The smallest absolute Gasteiger partial charge is 0.252 e. The van der Waals surface area contributed by atoms with E-state index in [1.54, 1.807) is 33.2 Å². The van der Waals surface area contributed by atoms with E-state index in [0.717, 1.165) is 30.3 Å². The molecule has 2 aromatic heterocycles. The molecule has 5 nitrogen and oxygen atoms in total. The van der Waals surface area contributed by atoms with E-state index in [0.29, 0.717) is 17.3 Å².